The van der Waals surface area contributed by atoms with Crippen LogP contribution in [0.1, 0.15) is 24.0 Å². The van der Waals surface area contributed by atoms with Crippen molar-refractivity contribution in [1.82, 2.24) is 5.32 Å². The molecule has 1 saturated heterocycles. The SMILES string of the molecule is Cc1ccc(NC(=O)CNCC2CCCO2)cc1C.Cl. The Morgan fingerprint density at radius 3 is 2.80 bits per heavy atom. The molecule has 0 aromatic heterocycles. The van der Waals surface area contributed by atoms with E-state index in [-0.39, 0.29) is 24.4 Å². The number of hydrogen-bond donors (Lipinski definition) is 2. The second-order valence-electron chi connectivity index (χ2n) is 5.11. The number of carbonyl (C=O) groups is 1. The van der Waals surface area contributed by atoms with E-state index in [0.29, 0.717) is 6.54 Å². The lowest BCUT2D eigenvalue weighted by Gasteiger charge is -2.11. The lowest BCUT2D eigenvalue weighted by molar-refractivity contribution is -0.115. The fraction of sp³-hybridized carbons (Fsp3) is 0.533. The minimum absolute atomic E-state index is 0. The van der Waals surface area contributed by atoms with Crippen LogP contribution in [0.4, 0.5) is 5.69 Å². The van der Waals surface area contributed by atoms with Crippen LogP contribution >= 0.6 is 12.4 Å². The molecular weight excluding hydrogens is 276 g/mol. The van der Waals surface area contributed by atoms with Gasteiger partial charge in [-0.25, -0.2) is 0 Å². The number of anilines is 1. The number of carbonyl (C=O) groups excluding carboxylic acids is 1. The molecule has 5 heteroatoms. The monoisotopic (exact) mass is 298 g/mol. The standard InChI is InChI=1S/C15H22N2O2.ClH/c1-11-5-6-13(8-12(11)2)17-15(18)10-16-9-14-4-3-7-19-14;/h5-6,8,14,16H,3-4,7,9-10H2,1-2H3,(H,17,18);1H. The molecule has 1 fully saturated rings. The topological polar surface area (TPSA) is 50.4 Å². The third-order valence-corrected chi connectivity index (χ3v) is 3.47. The van der Waals surface area contributed by atoms with E-state index in [1.165, 1.54) is 11.1 Å². The van der Waals surface area contributed by atoms with E-state index in [1.54, 1.807) is 0 Å². The first-order valence-corrected chi connectivity index (χ1v) is 6.84. The first-order valence-electron chi connectivity index (χ1n) is 6.84. The molecule has 112 valence electrons. The highest BCUT2D eigenvalue weighted by Crippen LogP contribution is 2.14. The van der Waals surface area contributed by atoms with Crippen LogP contribution in [0.15, 0.2) is 18.2 Å². The minimum atomic E-state index is -0.0127. The van der Waals surface area contributed by atoms with E-state index in [9.17, 15) is 4.79 Å². The predicted octanol–water partition coefficient (Wildman–Crippen LogP) is 2.43. The van der Waals surface area contributed by atoms with Crippen LogP contribution in [0.5, 0.6) is 0 Å². The Bertz CT molecular complexity index is 445. The highest BCUT2D eigenvalue weighted by molar-refractivity contribution is 5.92. The molecule has 0 aliphatic carbocycles. The first kappa shape index (κ1) is 17.0. The van der Waals surface area contributed by atoms with Crippen molar-refractivity contribution in [2.45, 2.75) is 32.8 Å². The smallest absolute Gasteiger partial charge is 0.238 e. The maximum atomic E-state index is 11.8. The highest BCUT2D eigenvalue weighted by Gasteiger charge is 2.15. The normalized spacial score (nSPS) is 17.6. The van der Waals surface area contributed by atoms with Crippen molar-refractivity contribution in [3.05, 3.63) is 29.3 Å². The molecule has 1 aliphatic rings. The van der Waals surface area contributed by atoms with Gasteiger partial charge in [0.2, 0.25) is 5.91 Å². The molecule has 1 amide bonds. The third kappa shape index (κ3) is 5.12. The Labute approximate surface area is 126 Å². The summed E-state index contributed by atoms with van der Waals surface area (Å²) in [7, 11) is 0. The fourth-order valence-corrected chi connectivity index (χ4v) is 2.18. The van der Waals surface area contributed by atoms with Crippen LogP contribution in [0.2, 0.25) is 0 Å². The summed E-state index contributed by atoms with van der Waals surface area (Å²) < 4.78 is 5.49. The number of ether oxygens (including phenoxy) is 1. The van der Waals surface area contributed by atoms with Crippen molar-refractivity contribution in [3.8, 4) is 0 Å². The molecule has 0 bridgehead atoms. The summed E-state index contributed by atoms with van der Waals surface area (Å²) in [5.41, 5.74) is 3.27. The van der Waals surface area contributed by atoms with Gasteiger partial charge in [0.15, 0.2) is 0 Å². The molecule has 1 aliphatic heterocycles. The number of rotatable bonds is 5. The Morgan fingerprint density at radius 2 is 2.15 bits per heavy atom. The zero-order valence-electron chi connectivity index (χ0n) is 12.1. The predicted molar refractivity (Wildman–Crippen MR) is 83.6 cm³/mol. The average molecular weight is 299 g/mol. The number of hydrogen-bond acceptors (Lipinski definition) is 3. The quantitative estimate of drug-likeness (QED) is 0.878. The Balaban J connectivity index is 0.00000200. The van der Waals surface area contributed by atoms with Gasteiger partial charge in [0.1, 0.15) is 0 Å². The van der Waals surface area contributed by atoms with Crippen molar-refractivity contribution in [1.29, 1.82) is 0 Å². The fourth-order valence-electron chi connectivity index (χ4n) is 2.18. The van der Waals surface area contributed by atoms with Gasteiger partial charge in [-0.05, 0) is 49.9 Å². The van der Waals surface area contributed by atoms with E-state index in [2.05, 4.69) is 17.6 Å². The molecule has 1 aromatic rings. The van der Waals surface area contributed by atoms with Crippen molar-refractivity contribution in [3.63, 3.8) is 0 Å². The lowest BCUT2D eigenvalue weighted by Crippen LogP contribution is -2.33. The molecule has 20 heavy (non-hydrogen) atoms. The second kappa shape index (κ2) is 8.25. The Morgan fingerprint density at radius 1 is 1.35 bits per heavy atom. The van der Waals surface area contributed by atoms with Gasteiger partial charge in [-0.2, -0.15) is 0 Å². The van der Waals surface area contributed by atoms with Crippen LogP contribution in [-0.4, -0.2) is 31.7 Å². The largest absolute Gasteiger partial charge is 0.377 e. The van der Waals surface area contributed by atoms with Crippen molar-refractivity contribution < 1.29 is 9.53 Å². The molecule has 0 radical (unpaired) electrons. The summed E-state index contributed by atoms with van der Waals surface area (Å²) >= 11 is 0. The second-order valence-corrected chi connectivity index (χ2v) is 5.11. The summed E-state index contributed by atoms with van der Waals surface area (Å²) in [5.74, 6) is -0.0127. The van der Waals surface area contributed by atoms with Gasteiger partial charge in [0, 0.05) is 18.8 Å². The molecule has 1 atom stereocenters. The van der Waals surface area contributed by atoms with Gasteiger partial charge in [-0.15, -0.1) is 12.4 Å². The van der Waals surface area contributed by atoms with Crippen molar-refractivity contribution in [2.24, 2.45) is 0 Å². The number of nitrogens with one attached hydrogen (secondary N) is 2. The van der Waals surface area contributed by atoms with Gasteiger partial charge in [0.25, 0.3) is 0 Å². The van der Waals surface area contributed by atoms with Crippen LogP contribution in [-0.2, 0) is 9.53 Å². The number of halogens is 1. The molecule has 0 spiro atoms. The summed E-state index contributed by atoms with van der Waals surface area (Å²) in [4.78, 5) is 11.8. The maximum Gasteiger partial charge on any atom is 0.238 e. The van der Waals surface area contributed by atoms with Crippen molar-refractivity contribution >= 4 is 24.0 Å². The molecule has 0 saturated carbocycles. The molecule has 2 N–H and O–H groups in total. The lowest BCUT2D eigenvalue weighted by atomic mass is 10.1. The first-order chi connectivity index (χ1) is 9.15. The van der Waals surface area contributed by atoms with Gasteiger partial charge in [0.05, 0.1) is 12.6 Å². The van der Waals surface area contributed by atoms with Crippen LogP contribution in [0, 0.1) is 13.8 Å². The summed E-state index contributed by atoms with van der Waals surface area (Å²) in [6.45, 7) is 6.03. The zero-order valence-corrected chi connectivity index (χ0v) is 12.9. The Kier molecular flexibility index (Phi) is 6.99. The third-order valence-electron chi connectivity index (χ3n) is 3.47. The van der Waals surface area contributed by atoms with E-state index < -0.39 is 0 Å². The molecule has 1 unspecified atom stereocenters. The van der Waals surface area contributed by atoms with Gasteiger partial charge >= 0.3 is 0 Å². The maximum absolute atomic E-state index is 11.8. The minimum Gasteiger partial charge on any atom is -0.377 e. The van der Waals surface area contributed by atoms with Crippen LogP contribution < -0.4 is 10.6 Å². The summed E-state index contributed by atoms with van der Waals surface area (Å²) in [6, 6.07) is 5.94. The van der Waals surface area contributed by atoms with E-state index in [0.717, 1.165) is 31.7 Å². The van der Waals surface area contributed by atoms with Gasteiger partial charge in [-0.1, -0.05) is 6.07 Å². The van der Waals surface area contributed by atoms with E-state index in [4.69, 9.17) is 4.74 Å². The van der Waals surface area contributed by atoms with Gasteiger partial charge < -0.3 is 15.4 Å². The number of benzene rings is 1. The average Bonchev–Trinajstić information content (AvgIpc) is 2.87. The van der Waals surface area contributed by atoms with Crippen LogP contribution in [0.3, 0.4) is 0 Å². The van der Waals surface area contributed by atoms with E-state index in [1.807, 2.05) is 25.1 Å². The number of amides is 1. The number of aryl methyl sites for hydroxylation is 2. The summed E-state index contributed by atoms with van der Waals surface area (Å²) in [6.07, 6.45) is 2.49. The molecule has 4 nitrogen and oxygen atoms in total. The van der Waals surface area contributed by atoms with Crippen LogP contribution in [0.25, 0.3) is 0 Å². The molecular formula is C15H23ClN2O2. The van der Waals surface area contributed by atoms with Crippen molar-refractivity contribution in [2.75, 3.05) is 25.0 Å². The van der Waals surface area contributed by atoms with Gasteiger partial charge in [-0.3, -0.25) is 4.79 Å². The van der Waals surface area contributed by atoms with E-state index >= 15 is 0 Å². The Hall–Kier alpha value is -1.10. The molecule has 1 heterocycles. The zero-order chi connectivity index (χ0) is 13.7. The molecule has 2 rings (SSSR count). The summed E-state index contributed by atoms with van der Waals surface area (Å²) in [5, 5.41) is 6.03. The molecule has 1 aromatic carbocycles. The highest BCUT2D eigenvalue weighted by atomic mass is 35.5.